The highest BCUT2D eigenvalue weighted by molar-refractivity contribution is 7.14. The Morgan fingerprint density at radius 2 is 1.95 bits per heavy atom. The molecular weight excluding hydrogens is 278 g/mol. The van der Waals surface area contributed by atoms with Gasteiger partial charge < -0.3 is 15.5 Å². The number of rotatable bonds is 4. The number of amides is 1. The molecule has 1 unspecified atom stereocenters. The number of carbonyl (C=O) groups is 2. The smallest absolute Gasteiger partial charge is 0.328 e. The molecule has 0 bridgehead atoms. The summed E-state index contributed by atoms with van der Waals surface area (Å²) in [5.41, 5.74) is 1.22. The van der Waals surface area contributed by atoms with E-state index in [1.807, 2.05) is 6.07 Å². The largest absolute Gasteiger partial charge is 0.480 e. The van der Waals surface area contributed by atoms with E-state index in [0.29, 0.717) is 4.88 Å². The third kappa shape index (κ3) is 3.58. The highest BCUT2D eigenvalue weighted by Gasteiger charge is 2.22. The van der Waals surface area contributed by atoms with Crippen molar-refractivity contribution in [2.24, 2.45) is 0 Å². The minimum absolute atomic E-state index is 0.414. The first-order chi connectivity index (χ1) is 9.61. The van der Waals surface area contributed by atoms with Crippen LogP contribution in [0.15, 0.2) is 6.07 Å². The van der Waals surface area contributed by atoms with E-state index in [2.05, 4.69) is 5.32 Å². The molecule has 1 aromatic heterocycles. The number of carbonyl (C=O) groups excluding carboxylic acids is 1. The van der Waals surface area contributed by atoms with Gasteiger partial charge in [0.05, 0.1) is 11.5 Å². The molecule has 0 aliphatic heterocycles. The van der Waals surface area contributed by atoms with Gasteiger partial charge in [0.25, 0.3) is 5.91 Å². The Balaban J connectivity index is 2.10. The third-order valence-corrected chi connectivity index (χ3v) is 4.74. The number of thiophene rings is 1. The molecule has 110 valence electrons. The van der Waals surface area contributed by atoms with Gasteiger partial charge in [-0.3, -0.25) is 4.79 Å². The van der Waals surface area contributed by atoms with Crippen molar-refractivity contribution in [2.45, 2.75) is 44.6 Å². The molecule has 0 fully saturated rings. The minimum Gasteiger partial charge on any atom is -0.480 e. The zero-order chi connectivity index (χ0) is 14.5. The number of aliphatic hydroxyl groups is 1. The molecule has 20 heavy (non-hydrogen) atoms. The van der Waals surface area contributed by atoms with Crippen LogP contribution in [0.2, 0.25) is 0 Å². The summed E-state index contributed by atoms with van der Waals surface area (Å²) in [5, 5.41) is 20.1. The molecule has 1 aliphatic carbocycles. The van der Waals surface area contributed by atoms with Crippen molar-refractivity contribution in [3.63, 3.8) is 0 Å². The Labute approximate surface area is 121 Å². The van der Waals surface area contributed by atoms with Gasteiger partial charge in [-0.2, -0.15) is 0 Å². The van der Waals surface area contributed by atoms with Crippen molar-refractivity contribution < 1.29 is 19.8 Å². The molecule has 6 heteroatoms. The van der Waals surface area contributed by atoms with E-state index in [0.717, 1.165) is 25.7 Å². The normalized spacial score (nSPS) is 16.6. The molecule has 0 spiro atoms. The second-order valence-electron chi connectivity index (χ2n) is 5.02. The van der Waals surface area contributed by atoms with Gasteiger partial charge in [0.2, 0.25) is 0 Å². The predicted octanol–water partition coefficient (Wildman–Crippen LogP) is 1.58. The van der Waals surface area contributed by atoms with E-state index in [1.54, 1.807) is 0 Å². The Morgan fingerprint density at radius 3 is 2.60 bits per heavy atom. The number of carboxylic acids is 1. The van der Waals surface area contributed by atoms with Crippen molar-refractivity contribution in [2.75, 3.05) is 6.61 Å². The second kappa shape index (κ2) is 6.85. The fourth-order valence-corrected chi connectivity index (χ4v) is 3.53. The SMILES string of the molecule is O=C(NC(CO)C(=O)O)c1cc2c(s1)CCCCCC2. The number of aryl methyl sites for hydroxylation is 2. The maximum Gasteiger partial charge on any atom is 0.328 e. The number of fused-ring (bicyclic) bond motifs is 1. The van der Waals surface area contributed by atoms with Crippen LogP contribution in [0.4, 0.5) is 0 Å². The van der Waals surface area contributed by atoms with E-state index in [4.69, 9.17) is 10.2 Å². The summed E-state index contributed by atoms with van der Waals surface area (Å²) >= 11 is 1.44. The summed E-state index contributed by atoms with van der Waals surface area (Å²) < 4.78 is 0. The molecule has 1 amide bonds. The first-order valence-electron chi connectivity index (χ1n) is 6.88. The summed E-state index contributed by atoms with van der Waals surface area (Å²) in [4.78, 5) is 24.6. The van der Waals surface area contributed by atoms with E-state index in [9.17, 15) is 9.59 Å². The molecule has 1 heterocycles. The lowest BCUT2D eigenvalue weighted by Gasteiger charge is -2.10. The topological polar surface area (TPSA) is 86.6 Å². The Hall–Kier alpha value is -1.40. The van der Waals surface area contributed by atoms with Crippen LogP contribution >= 0.6 is 11.3 Å². The summed E-state index contributed by atoms with van der Waals surface area (Å²) in [7, 11) is 0. The number of carboxylic acid groups (broad SMARTS) is 1. The fourth-order valence-electron chi connectivity index (χ4n) is 2.37. The number of nitrogens with one attached hydrogen (secondary N) is 1. The van der Waals surface area contributed by atoms with Crippen molar-refractivity contribution in [1.29, 1.82) is 0 Å². The van der Waals surface area contributed by atoms with E-state index < -0.39 is 24.5 Å². The molecule has 3 N–H and O–H groups in total. The van der Waals surface area contributed by atoms with Gasteiger partial charge in [-0.25, -0.2) is 4.79 Å². The highest BCUT2D eigenvalue weighted by atomic mass is 32.1. The zero-order valence-electron chi connectivity index (χ0n) is 11.2. The minimum atomic E-state index is -1.24. The monoisotopic (exact) mass is 297 g/mol. The van der Waals surface area contributed by atoms with Gasteiger partial charge in [-0.15, -0.1) is 11.3 Å². The van der Waals surface area contributed by atoms with Gasteiger partial charge in [-0.05, 0) is 37.3 Å². The van der Waals surface area contributed by atoms with Crippen LogP contribution in [-0.4, -0.2) is 34.7 Å². The molecule has 2 rings (SSSR count). The Bertz CT molecular complexity index is 472. The maximum absolute atomic E-state index is 12.0. The zero-order valence-corrected chi connectivity index (χ0v) is 12.0. The summed E-state index contributed by atoms with van der Waals surface area (Å²) in [6.45, 7) is -0.605. The van der Waals surface area contributed by atoms with Crippen molar-refractivity contribution in [1.82, 2.24) is 5.32 Å². The van der Waals surface area contributed by atoms with E-state index in [-0.39, 0.29) is 0 Å². The van der Waals surface area contributed by atoms with Gasteiger partial charge in [0.15, 0.2) is 6.04 Å². The summed E-state index contributed by atoms with van der Waals surface area (Å²) in [6.07, 6.45) is 6.71. The molecule has 1 aliphatic rings. The molecule has 1 atom stereocenters. The summed E-state index contributed by atoms with van der Waals surface area (Å²) in [6, 6.07) is 0.629. The number of aliphatic carboxylic acids is 1. The van der Waals surface area contributed by atoms with Gasteiger partial charge in [0.1, 0.15) is 0 Å². The van der Waals surface area contributed by atoms with Crippen LogP contribution in [0, 0.1) is 0 Å². The average molecular weight is 297 g/mol. The lowest BCUT2D eigenvalue weighted by atomic mass is 10.00. The fraction of sp³-hybridized carbons (Fsp3) is 0.571. The van der Waals surface area contributed by atoms with Crippen LogP contribution in [-0.2, 0) is 17.6 Å². The van der Waals surface area contributed by atoms with Gasteiger partial charge >= 0.3 is 5.97 Å². The van der Waals surface area contributed by atoms with Crippen LogP contribution in [0.3, 0.4) is 0 Å². The van der Waals surface area contributed by atoms with Crippen LogP contribution < -0.4 is 5.32 Å². The van der Waals surface area contributed by atoms with Crippen molar-refractivity contribution in [3.05, 3.63) is 21.4 Å². The summed E-state index contributed by atoms with van der Waals surface area (Å²) in [5.74, 6) is -1.64. The first kappa shape index (κ1) is 15.0. The first-order valence-corrected chi connectivity index (χ1v) is 7.69. The maximum atomic E-state index is 12.0. The molecule has 0 saturated heterocycles. The number of aliphatic hydroxyl groups excluding tert-OH is 1. The average Bonchev–Trinajstić information content (AvgIpc) is 2.78. The van der Waals surface area contributed by atoms with E-state index >= 15 is 0 Å². The predicted molar refractivity (Wildman–Crippen MR) is 76.2 cm³/mol. The molecule has 5 nitrogen and oxygen atoms in total. The quantitative estimate of drug-likeness (QED) is 0.787. The van der Waals surface area contributed by atoms with Crippen LogP contribution in [0.25, 0.3) is 0 Å². The van der Waals surface area contributed by atoms with E-state index in [1.165, 1.54) is 34.6 Å². The Kier molecular flexibility index (Phi) is 5.14. The van der Waals surface area contributed by atoms with Gasteiger partial charge in [0, 0.05) is 4.88 Å². The number of hydrogen-bond acceptors (Lipinski definition) is 4. The lowest BCUT2D eigenvalue weighted by molar-refractivity contribution is -0.140. The van der Waals surface area contributed by atoms with Crippen molar-refractivity contribution in [3.8, 4) is 0 Å². The lowest BCUT2D eigenvalue weighted by Crippen LogP contribution is -2.43. The van der Waals surface area contributed by atoms with Crippen LogP contribution in [0.5, 0.6) is 0 Å². The van der Waals surface area contributed by atoms with Crippen molar-refractivity contribution >= 4 is 23.2 Å². The molecule has 0 saturated carbocycles. The molecular formula is C14H19NO4S. The second-order valence-corrected chi connectivity index (χ2v) is 6.16. The highest BCUT2D eigenvalue weighted by Crippen LogP contribution is 2.28. The standard InChI is InChI=1S/C14H19NO4S/c16-8-10(14(18)19)15-13(17)12-7-9-5-3-1-2-4-6-11(9)20-12/h7,10,16H,1-6,8H2,(H,15,17)(H,18,19). The number of hydrogen-bond donors (Lipinski definition) is 3. The van der Waals surface area contributed by atoms with Gasteiger partial charge in [-0.1, -0.05) is 12.8 Å². The van der Waals surface area contributed by atoms with Crippen LogP contribution in [0.1, 0.15) is 45.8 Å². The molecule has 0 radical (unpaired) electrons. The third-order valence-electron chi connectivity index (χ3n) is 3.51. The molecule has 0 aromatic carbocycles. The Morgan fingerprint density at radius 1 is 1.25 bits per heavy atom. The molecule has 1 aromatic rings.